The van der Waals surface area contributed by atoms with E-state index in [4.69, 9.17) is 0 Å². The van der Waals surface area contributed by atoms with Gasteiger partial charge in [0.25, 0.3) is 0 Å². The molecule has 0 radical (unpaired) electrons. The zero-order valence-electron chi connectivity index (χ0n) is 6.20. The first-order valence-electron chi connectivity index (χ1n) is 3.42. The van der Waals surface area contributed by atoms with E-state index in [1.807, 2.05) is 6.92 Å². The number of halogens is 3. The number of hydrogen-bond donors (Lipinski definition) is 0. The van der Waals surface area contributed by atoms with Gasteiger partial charge in [-0.2, -0.15) is 13.2 Å². The van der Waals surface area contributed by atoms with E-state index in [1.54, 1.807) is 6.08 Å². The molecule has 0 N–H and O–H groups in total. The summed E-state index contributed by atoms with van der Waals surface area (Å²) < 4.78 is 35.9. The molecule has 0 amide bonds. The van der Waals surface area contributed by atoms with Gasteiger partial charge in [-0.3, -0.25) is 0 Å². The van der Waals surface area contributed by atoms with E-state index in [2.05, 4.69) is 0 Å². The second-order valence-electron chi connectivity index (χ2n) is 2.69. The number of alkyl halides is 3. The predicted molar refractivity (Wildman–Crippen MR) is 37.1 cm³/mol. The van der Waals surface area contributed by atoms with E-state index in [0.29, 0.717) is 6.42 Å². The van der Waals surface area contributed by atoms with Crippen LogP contribution < -0.4 is 0 Å². The summed E-state index contributed by atoms with van der Waals surface area (Å²) in [5.41, 5.74) is 0.598. The van der Waals surface area contributed by atoms with Gasteiger partial charge in [0.05, 0.1) is 0 Å². The van der Waals surface area contributed by atoms with Crippen molar-refractivity contribution in [2.75, 3.05) is 0 Å². The molecule has 3 heteroatoms. The van der Waals surface area contributed by atoms with Gasteiger partial charge in [0.2, 0.25) is 0 Å². The smallest absolute Gasteiger partial charge is 0.166 e. The molecule has 0 heterocycles. The first-order chi connectivity index (χ1) is 5.00. The van der Waals surface area contributed by atoms with Crippen LogP contribution in [0.5, 0.6) is 0 Å². The normalized spacial score (nSPS) is 19.3. The van der Waals surface area contributed by atoms with Gasteiger partial charge in [-0.25, -0.2) is 0 Å². The molecule has 0 nitrogen and oxygen atoms in total. The van der Waals surface area contributed by atoms with Gasteiger partial charge in [-0.05, 0) is 19.8 Å². The lowest BCUT2D eigenvalue weighted by Crippen LogP contribution is -2.12. The molecule has 0 saturated heterocycles. The molecule has 0 unspecified atom stereocenters. The minimum absolute atomic E-state index is 0.0370. The topological polar surface area (TPSA) is 0 Å². The summed E-state index contributed by atoms with van der Waals surface area (Å²) in [5.74, 6) is 0. The fraction of sp³-hybridized carbons (Fsp3) is 0.500. The highest BCUT2D eigenvalue weighted by Gasteiger charge is 2.32. The van der Waals surface area contributed by atoms with Crippen molar-refractivity contribution in [3.8, 4) is 0 Å². The summed E-state index contributed by atoms with van der Waals surface area (Å²) in [6.07, 6.45) is -0.764. The summed E-state index contributed by atoms with van der Waals surface area (Å²) in [6, 6.07) is 0. The Balaban J connectivity index is 2.66. The molecular weight excluding hydrogens is 153 g/mol. The molecule has 1 aliphatic rings. The molecule has 11 heavy (non-hydrogen) atoms. The zero-order valence-corrected chi connectivity index (χ0v) is 6.20. The minimum atomic E-state index is -4.13. The van der Waals surface area contributed by atoms with Crippen molar-refractivity contribution >= 4 is 0 Å². The standard InChI is InChI=1S/C8H9F3/c1-6-2-4-7(5-3-6)8(9,10)11/h2,5H,3-4H2,1H3. The SMILES string of the molecule is CC1=CCC(C(F)(F)F)=CC1. The monoisotopic (exact) mass is 162 g/mol. The van der Waals surface area contributed by atoms with Gasteiger partial charge >= 0.3 is 6.18 Å². The van der Waals surface area contributed by atoms with Crippen LogP contribution in [0.1, 0.15) is 19.8 Å². The number of hydrogen-bond acceptors (Lipinski definition) is 0. The van der Waals surface area contributed by atoms with Crippen LogP contribution in [0.3, 0.4) is 0 Å². The maximum atomic E-state index is 12.0. The third-order valence-corrected chi connectivity index (χ3v) is 1.70. The first kappa shape index (κ1) is 8.37. The average molecular weight is 162 g/mol. The molecule has 0 aromatic rings. The van der Waals surface area contributed by atoms with Gasteiger partial charge in [0.1, 0.15) is 0 Å². The molecule has 1 aliphatic carbocycles. The number of allylic oxidation sites excluding steroid dienone is 4. The van der Waals surface area contributed by atoms with Gasteiger partial charge in [0, 0.05) is 5.57 Å². The van der Waals surface area contributed by atoms with Crippen molar-refractivity contribution in [2.24, 2.45) is 0 Å². The van der Waals surface area contributed by atoms with E-state index < -0.39 is 11.7 Å². The number of rotatable bonds is 0. The lowest BCUT2D eigenvalue weighted by molar-refractivity contribution is -0.0933. The van der Waals surface area contributed by atoms with Crippen LogP contribution in [0.2, 0.25) is 0 Å². The highest BCUT2D eigenvalue weighted by atomic mass is 19.4. The highest BCUT2D eigenvalue weighted by molar-refractivity contribution is 5.23. The van der Waals surface area contributed by atoms with Crippen molar-refractivity contribution in [1.82, 2.24) is 0 Å². The summed E-state index contributed by atoms with van der Waals surface area (Å²) in [4.78, 5) is 0. The van der Waals surface area contributed by atoms with Crippen molar-refractivity contribution in [2.45, 2.75) is 25.9 Å². The van der Waals surface area contributed by atoms with Crippen molar-refractivity contribution in [1.29, 1.82) is 0 Å². The Kier molecular flexibility index (Phi) is 2.07. The van der Waals surface area contributed by atoms with Crippen molar-refractivity contribution < 1.29 is 13.2 Å². The summed E-state index contributed by atoms with van der Waals surface area (Å²) in [5, 5.41) is 0. The largest absolute Gasteiger partial charge is 0.412 e. The summed E-state index contributed by atoms with van der Waals surface area (Å²) >= 11 is 0. The van der Waals surface area contributed by atoms with E-state index in [9.17, 15) is 13.2 Å². The van der Waals surface area contributed by atoms with E-state index in [1.165, 1.54) is 6.08 Å². The molecule has 0 bridgehead atoms. The zero-order chi connectivity index (χ0) is 8.48. The van der Waals surface area contributed by atoms with Crippen LogP contribution in [-0.4, -0.2) is 6.18 Å². The average Bonchev–Trinajstić information content (AvgIpc) is 1.86. The fourth-order valence-electron chi connectivity index (χ4n) is 0.966. The third-order valence-electron chi connectivity index (χ3n) is 1.70. The molecule has 0 aromatic heterocycles. The molecule has 62 valence electrons. The molecule has 0 saturated carbocycles. The Morgan fingerprint density at radius 2 is 1.82 bits per heavy atom. The van der Waals surface area contributed by atoms with E-state index in [0.717, 1.165) is 5.57 Å². The lowest BCUT2D eigenvalue weighted by atomic mass is 10.0. The minimum Gasteiger partial charge on any atom is -0.166 e. The van der Waals surface area contributed by atoms with Crippen LogP contribution in [0, 0.1) is 0 Å². The third kappa shape index (κ3) is 2.10. The molecule has 0 aromatic carbocycles. The Bertz CT molecular complexity index is 208. The molecular formula is C8H9F3. The van der Waals surface area contributed by atoms with Gasteiger partial charge in [-0.1, -0.05) is 17.7 Å². The maximum Gasteiger partial charge on any atom is 0.412 e. The Morgan fingerprint density at radius 3 is 2.18 bits per heavy atom. The first-order valence-corrected chi connectivity index (χ1v) is 3.42. The molecule has 0 atom stereocenters. The second kappa shape index (κ2) is 2.72. The molecule has 0 aliphatic heterocycles. The van der Waals surface area contributed by atoms with Gasteiger partial charge in [-0.15, -0.1) is 0 Å². The van der Waals surface area contributed by atoms with Crippen LogP contribution in [0.25, 0.3) is 0 Å². The molecule has 0 fully saturated rings. The van der Waals surface area contributed by atoms with Gasteiger partial charge < -0.3 is 0 Å². The fourth-order valence-corrected chi connectivity index (χ4v) is 0.966. The van der Waals surface area contributed by atoms with Crippen LogP contribution in [0.15, 0.2) is 23.3 Å². The molecule has 1 rings (SSSR count). The lowest BCUT2D eigenvalue weighted by Gasteiger charge is -2.13. The van der Waals surface area contributed by atoms with Crippen LogP contribution in [0.4, 0.5) is 13.2 Å². The van der Waals surface area contributed by atoms with Crippen LogP contribution >= 0.6 is 0 Å². The summed E-state index contributed by atoms with van der Waals surface area (Å²) in [6.45, 7) is 1.84. The van der Waals surface area contributed by atoms with Crippen LogP contribution in [-0.2, 0) is 0 Å². The summed E-state index contributed by atoms with van der Waals surface area (Å²) in [7, 11) is 0. The predicted octanol–water partition coefficient (Wildman–Crippen LogP) is 3.22. The van der Waals surface area contributed by atoms with Crippen molar-refractivity contribution in [3.63, 3.8) is 0 Å². The van der Waals surface area contributed by atoms with Crippen molar-refractivity contribution in [3.05, 3.63) is 23.3 Å². The Labute approximate surface area is 63.4 Å². The highest BCUT2D eigenvalue weighted by Crippen LogP contribution is 2.31. The molecule has 0 spiro atoms. The Hall–Kier alpha value is -0.730. The Morgan fingerprint density at radius 1 is 1.18 bits per heavy atom. The quantitative estimate of drug-likeness (QED) is 0.480. The second-order valence-corrected chi connectivity index (χ2v) is 2.69. The van der Waals surface area contributed by atoms with Gasteiger partial charge in [0.15, 0.2) is 0 Å². The maximum absolute atomic E-state index is 12.0. The van der Waals surface area contributed by atoms with E-state index in [-0.39, 0.29) is 6.42 Å². The van der Waals surface area contributed by atoms with E-state index >= 15 is 0 Å².